The normalized spacial score (nSPS) is 14.0. The number of ether oxygens (including phenoxy) is 1. The van der Waals surface area contributed by atoms with Gasteiger partial charge in [-0.25, -0.2) is 0 Å². The maximum Gasteiger partial charge on any atom is 0.253 e. The number of amides is 2. The fraction of sp³-hybridized carbons (Fsp3) is 0.275. The topological polar surface area (TPSA) is 170 Å². The van der Waals surface area contributed by atoms with Crippen molar-refractivity contribution in [2.75, 3.05) is 32.1 Å². The Morgan fingerprint density at radius 2 is 1.80 bits per heavy atom. The number of aromatic hydroxyl groups is 1. The Kier molecular flexibility index (Phi) is 10.8. The minimum absolute atomic E-state index is 0.00178. The SMILES string of the molecule is COc1cccc(Nc2c(C(N)=O)cnc3c(C)cc(Cc4cccc(C(=O)N5CCC(NC[C@H](O)c6ccc(O)c(CO)c6)CC5)c4)cc23)c1. The molecule has 51 heavy (non-hydrogen) atoms. The lowest BCUT2D eigenvalue weighted by Gasteiger charge is -2.33. The maximum absolute atomic E-state index is 13.6. The summed E-state index contributed by atoms with van der Waals surface area (Å²) >= 11 is 0. The van der Waals surface area contributed by atoms with E-state index in [-0.39, 0.29) is 29.9 Å². The Bertz CT molecular complexity index is 2060. The van der Waals surface area contributed by atoms with Gasteiger partial charge in [-0.2, -0.15) is 0 Å². The van der Waals surface area contributed by atoms with Gasteiger partial charge in [0.15, 0.2) is 0 Å². The number of likely N-dealkylation sites (tertiary alicyclic amines) is 1. The first-order valence-electron chi connectivity index (χ1n) is 17.0. The predicted molar refractivity (Wildman–Crippen MR) is 196 cm³/mol. The molecule has 2 heterocycles. The Morgan fingerprint density at radius 3 is 2.55 bits per heavy atom. The molecule has 0 saturated carbocycles. The number of aryl methyl sites for hydroxylation is 1. The highest BCUT2D eigenvalue weighted by molar-refractivity contribution is 6.08. The molecule has 1 aliphatic rings. The molecule has 0 bridgehead atoms. The highest BCUT2D eigenvalue weighted by atomic mass is 16.5. The summed E-state index contributed by atoms with van der Waals surface area (Å²) in [5, 5.41) is 37.4. The third-order valence-electron chi connectivity index (χ3n) is 9.45. The number of anilines is 2. The molecule has 0 spiro atoms. The number of carbonyl (C=O) groups excluding carboxylic acids is 2. The van der Waals surface area contributed by atoms with Crippen molar-refractivity contribution in [1.29, 1.82) is 0 Å². The summed E-state index contributed by atoms with van der Waals surface area (Å²) in [6.45, 7) is 3.18. The predicted octanol–water partition coefficient (Wildman–Crippen LogP) is 5.11. The van der Waals surface area contributed by atoms with Crippen molar-refractivity contribution in [1.82, 2.24) is 15.2 Å². The third kappa shape index (κ3) is 8.12. The van der Waals surface area contributed by atoms with E-state index < -0.39 is 12.0 Å². The van der Waals surface area contributed by atoms with Crippen molar-refractivity contribution in [3.05, 3.63) is 124 Å². The highest BCUT2D eigenvalue weighted by Gasteiger charge is 2.25. The van der Waals surface area contributed by atoms with Crippen molar-refractivity contribution in [3.8, 4) is 11.5 Å². The third-order valence-corrected chi connectivity index (χ3v) is 9.45. The summed E-state index contributed by atoms with van der Waals surface area (Å²) in [6, 6.07) is 24.1. The van der Waals surface area contributed by atoms with Crippen molar-refractivity contribution < 1.29 is 29.6 Å². The van der Waals surface area contributed by atoms with Crippen LogP contribution in [0.2, 0.25) is 0 Å². The Hall–Kier alpha value is -5.49. The molecular weight excluding hydrogens is 646 g/mol. The summed E-state index contributed by atoms with van der Waals surface area (Å²) in [5.74, 6) is 0.0586. The minimum atomic E-state index is -0.790. The van der Waals surface area contributed by atoms with E-state index in [9.17, 15) is 24.9 Å². The maximum atomic E-state index is 13.6. The Balaban J connectivity index is 1.13. The molecular formula is C40H43N5O6. The van der Waals surface area contributed by atoms with Crippen LogP contribution in [0.4, 0.5) is 11.4 Å². The number of aromatic nitrogens is 1. The summed E-state index contributed by atoms with van der Waals surface area (Å²) in [6.07, 6.45) is 2.77. The molecule has 0 radical (unpaired) electrons. The summed E-state index contributed by atoms with van der Waals surface area (Å²) in [4.78, 5) is 32.5. The zero-order valence-electron chi connectivity index (χ0n) is 28.7. The van der Waals surface area contributed by atoms with Crippen LogP contribution in [0, 0.1) is 6.92 Å². The van der Waals surface area contributed by atoms with Gasteiger partial charge >= 0.3 is 0 Å². The monoisotopic (exact) mass is 689 g/mol. The van der Waals surface area contributed by atoms with E-state index >= 15 is 0 Å². The number of methoxy groups -OCH3 is 1. The molecule has 1 fully saturated rings. The van der Waals surface area contributed by atoms with E-state index in [2.05, 4.69) is 21.7 Å². The van der Waals surface area contributed by atoms with Crippen LogP contribution in [0.15, 0.2) is 85.1 Å². The lowest BCUT2D eigenvalue weighted by Crippen LogP contribution is -2.45. The van der Waals surface area contributed by atoms with Crippen LogP contribution in [0.1, 0.15) is 67.5 Å². The molecule has 6 rings (SSSR count). The fourth-order valence-electron chi connectivity index (χ4n) is 6.68. The van der Waals surface area contributed by atoms with Gasteiger partial charge in [-0.15, -0.1) is 0 Å². The van der Waals surface area contributed by atoms with Crippen LogP contribution in [0.25, 0.3) is 10.9 Å². The largest absolute Gasteiger partial charge is 0.508 e. The number of rotatable bonds is 12. The fourth-order valence-corrected chi connectivity index (χ4v) is 6.68. The number of piperidine rings is 1. The van der Waals surface area contributed by atoms with Gasteiger partial charge in [-0.05, 0) is 90.9 Å². The zero-order chi connectivity index (χ0) is 36.1. The first-order valence-corrected chi connectivity index (χ1v) is 17.0. The van der Waals surface area contributed by atoms with Crippen molar-refractivity contribution >= 4 is 34.1 Å². The molecule has 11 heteroatoms. The number of nitrogens with two attached hydrogens (primary N) is 1. The molecule has 1 atom stereocenters. The number of hydrogen-bond donors (Lipinski definition) is 6. The Morgan fingerprint density at radius 1 is 1.02 bits per heavy atom. The second kappa shape index (κ2) is 15.6. The van der Waals surface area contributed by atoms with E-state index in [0.29, 0.717) is 54.2 Å². The number of aliphatic hydroxyl groups excluding tert-OH is 2. The van der Waals surface area contributed by atoms with E-state index in [4.69, 9.17) is 10.5 Å². The molecule has 1 aliphatic heterocycles. The van der Waals surface area contributed by atoms with E-state index in [1.807, 2.05) is 66.4 Å². The quantitative estimate of drug-likeness (QED) is 0.104. The molecule has 11 nitrogen and oxygen atoms in total. The van der Waals surface area contributed by atoms with Gasteiger partial charge in [0.05, 0.1) is 36.6 Å². The number of hydrogen-bond acceptors (Lipinski definition) is 9. The standard InChI is InChI=1S/C40H43N5O6/c1-24-15-26(18-33-37(24)43-21-34(39(41)49)38(33)44-31-7-4-8-32(20-31)51-2)16-25-5-3-6-28(17-25)40(50)45-13-11-30(12-14-45)42-22-36(48)27-9-10-35(47)29(19-27)23-46/h3-10,15,17-21,30,36,42,46-48H,11-14,16,22-23H2,1-2H3,(H2,41,49)(H,43,44)/t36-/m0/s1. The number of carbonyl (C=O) groups is 2. The summed E-state index contributed by atoms with van der Waals surface area (Å²) in [7, 11) is 1.60. The van der Waals surface area contributed by atoms with Crippen LogP contribution in [0.3, 0.4) is 0 Å². The number of fused-ring (bicyclic) bond motifs is 1. The number of pyridine rings is 1. The zero-order valence-corrected chi connectivity index (χ0v) is 28.7. The smallest absolute Gasteiger partial charge is 0.253 e. The van der Waals surface area contributed by atoms with Crippen molar-refractivity contribution in [3.63, 3.8) is 0 Å². The highest BCUT2D eigenvalue weighted by Crippen LogP contribution is 2.33. The van der Waals surface area contributed by atoms with Gasteiger partial charge in [0.2, 0.25) is 0 Å². The molecule has 2 amide bonds. The van der Waals surface area contributed by atoms with Gasteiger partial charge in [0.1, 0.15) is 11.5 Å². The molecule has 5 aromatic rings. The lowest BCUT2D eigenvalue weighted by molar-refractivity contribution is 0.0697. The average Bonchev–Trinajstić information content (AvgIpc) is 3.14. The van der Waals surface area contributed by atoms with Crippen LogP contribution >= 0.6 is 0 Å². The number of aliphatic hydroxyl groups is 2. The van der Waals surface area contributed by atoms with Crippen LogP contribution in [-0.2, 0) is 13.0 Å². The van der Waals surface area contributed by atoms with Gasteiger partial charge in [0, 0.05) is 60.1 Å². The average molecular weight is 690 g/mol. The van der Waals surface area contributed by atoms with Gasteiger partial charge in [0.25, 0.3) is 11.8 Å². The van der Waals surface area contributed by atoms with Gasteiger partial charge in [-0.3, -0.25) is 14.6 Å². The van der Waals surface area contributed by atoms with E-state index in [0.717, 1.165) is 46.1 Å². The van der Waals surface area contributed by atoms with E-state index in [1.165, 1.54) is 12.3 Å². The molecule has 4 aromatic carbocycles. The first kappa shape index (κ1) is 35.3. The van der Waals surface area contributed by atoms with Crippen LogP contribution in [0.5, 0.6) is 11.5 Å². The second-order valence-corrected chi connectivity index (χ2v) is 13.0. The molecule has 0 aliphatic carbocycles. The number of nitrogens with zero attached hydrogens (tertiary/aromatic N) is 2. The van der Waals surface area contributed by atoms with Crippen LogP contribution in [-0.4, -0.2) is 69.8 Å². The first-order chi connectivity index (χ1) is 24.6. The molecule has 0 unspecified atom stereocenters. The number of benzene rings is 4. The summed E-state index contributed by atoms with van der Waals surface area (Å²) < 4.78 is 5.38. The summed E-state index contributed by atoms with van der Waals surface area (Å²) in [5.41, 5.74) is 12.7. The molecule has 1 saturated heterocycles. The van der Waals surface area contributed by atoms with Gasteiger partial charge < -0.3 is 41.3 Å². The van der Waals surface area contributed by atoms with Crippen LogP contribution < -0.4 is 21.1 Å². The van der Waals surface area contributed by atoms with Gasteiger partial charge in [-0.1, -0.05) is 30.3 Å². The number of phenols is 1. The van der Waals surface area contributed by atoms with E-state index in [1.54, 1.807) is 19.2 Å². The second-order valence-electron chi connectivity index (χ2n) is 13.0. The Labute approximate surface area is 296 Å². The lowest BCUT2D eigenvalue weighted by atomic mass is 9.96. The molecule has 7 N–H and O–H groups in total. The molecule has 264 valence electrons. The van der Waals surface area contributed by atoms with Crippen molar-refractivity contribution in [2.45, 2.75) is 44.9 Å². The van der Waals surface area contributed by atoms with Crippen molar-refractivity contribution in [2.24, 2.45) is 5.73 Å². The minimum Gasteiger partial charge on any atom is -0.508 e. The molecule has 1 aromatic heterocycles. The number of primary amides is 1. The number of nitrogens with one attached hydrogen (secondary N) is 2.